The molecule has 81 heavy (non-hydrogen) atoms. The molecule has 3 saturated heterocycles. The number of anilines is 2. The van der Waals surface area contributed by atoms with E-state index in [0.29, 0.717) is 35.9 Å². The zero-order valence-corrected chi connectivity index (χ0v) is 48.0. The van der Waals surface area contributed by atoms with E-state index < -0.39 is 27.3 Å². The van der Waals surface area contributed by atoms with E-state index in [1.54, 1.807) is 32.2 Å². The van der Waals surface area contributed by atoms with Crippen LogP contribution in [0.5, 0.6) is 23.1 Å². The number of ether oxygens (including phenoxy) is 3. The molecular formula is C63H76FN9O7S. The van der Waals surface area contributed by atoms with E-state index in [2.05, 4.69) is 94.9 Å². The second-order valence-corrected chi connectivity index (χ2v) is 25.9. The number of H-pyrrole nitrogens is 2. The van der Waals surface area contributed by atoms with Crippen molar-refractivity contribution >= 4 is 49.4 Å². The van der Waals surface area contributed by atoms with Crippen molar-refractivity contribution < 1.29 is 36.9 Å². The maximum atomic E-state index is 15.1. The van der Waals surface area contributed by atoms with Crippen LogP contribution in [0.25, 0.3) is 22.1 Å². The summed E-state index contributed by atoms with van der Waals surface area (Å²) < 4.78 is 64.8. The molecule has 2 aliphatic carbocycles. The van der Waals surface area contributed by atoms with Gasteiger partial charge in [-0.2, -0.15) is 4.98 Å². The van der Waals surface area contributed by atoms with Crippen LogP contribution in [0.1, 0.15) is 136 Å². The Morgan fingerprint density at radius 3 is 2.41 bits per heavy atom. The zero-order valence-electron chi connectivity index (χ0n) is 47.2. The van der Waals surface area contributed by atoms with Gasteiger partial charge in [0.25, 0.3) is 21.8 Å². The van der Waals surface area contributed by atoms with Crippen molar-refractivity contribution in [3.8, 4) is 23.1 Å². The SMILES string of the molecule is CCOc1nc2[nH]cc(F)c2cc1Oc1cc(N2CCC3(CC2)CN(C2CCN(Cc4ccc(OC)cc4)CC2c2ccccc2C(C)C)C3)ccc1C(=O)NS(=O)(=O)c1cc(C2CC2)c(NCC2CCC(C)(O)CC2)c2[nH]cnc12. The second kappa shape index (κ2) is 22.2. The first-order valence-electron chi connectivity index (χ1n) is 29.2. The molecule has 2 saturated carbocycles. The van der Waals surface area contributed by atoms with Gasteiger partial charge in [-0.25, -0.2) is 22.5 Å². The third-order valence-corrected chi connectivity index (χ3v) is 19.6. The predicted molar refractivity (Wildman–Crippen MR) is 313 cm³/mol. The van der Waals surface area contributed by atoms with E-state index >= 15 is 4.39 Å². The second-order valence-electron chi connectivity index (χ2n) is 24.3. The molecule has 2 atom stereocenters. The molecule has 3 aromatic heterocycles. The zero-order chi connectivity index (χ0) is 56.2. The number of carbonyl (C=O) groups is 1. The number of benzene rings is 4. The molecule has 5 fully saturated rings. The van der Waals surface area contributed by atoms with Gasteiger partial charge in [0.15, 0.2) is 5.75 Å². The van der Waals surface area contributed by atoms with Crippen LogP contribution >= 0.6 is 0 Å². The highest BCUT2D eigenvalue weighted by Gasteiger charge is 2.50. The minimum absolute atomic E-state index is 0.0448. The van der Waals surface area contributed by atoms with E-state index in [1.165, 1.54) is 35.3 Å². The van der Waals surface area contributed by atoms with Crippen LogP contribution in [0.2, 0.25) is 0 Å². The third kappa shape index (κ3) is 11.3. The van der Waals surface area contributed by atoms with Gasteiger partial charge < -0.3 is 39.5 Å². The molecular weight excluding hydrogens is 1050 g/mol. The lowest BCUT2D eigenvalue weighted by molar-refractivity contribution is -0.0686. The number of imidazole rings is 1. The van der Waals surface area contributed by atoms with Crippen LogP contribution in [0.15, 0.2) is 96.3 Å². The lowest BCUT2D eigenvalue weighted by Gasteiger charge is -2.59. The molecule has 4 aromatic carbocycles. The van der Waals surface area contributed by atoms with Crippen molar-refractivity contribution in [1.82, 2.24) is 34.5 Å². The van der Waals surface area contributed by atoms with E-state index in [-0.39, 0.29) is 62.3 Å². The Labute approximate surface area is 474 Å². The number of piperidine rings is 2. The fourth-order valence-corrected chi connectivity index (χ4v) is 14.6. The van der Waals surface area contributed by atoms with Crippen molar-refractivity contribution in [2.24, 2.45) is 11.3 Å². The summed E-state index contributed by atoms with van der Waals surface area (Å²) in [5.41, 5.74) is 7.19. The highest BCUT2D eigenvalue weighted by molar-refractivity contribution is 7.90. The number of fused-ring (bicyclic) bond motifs is 2. The Kier molecular flexibility index (Phi) is 15.0. The largest absolute Gasteiger partial charge is 0.497 e. The van der Waals surface area contributed by atoms with E-state index in [1.807, 2.05) is 25.1 Å². The van der Waals surface area contributed by atoms with Crippen molar-refractivity contribution in [2.75, 3.05) is 69.7 Å². The minimum atomic E-state index is -4.53. The van der Waals surface area contributed by atoms with Gasteiger partial charge in [0, 0.05) is 88.3 Å². The quantitative estimate of drug-likeness (QED) is 0.0546. The molecule has 3 aliphatic heterocycles. The number of nitrogens with one attached hydrogen (secondary N) is 4. The van der Waals surface area contributed by atoms with Gasteiger partial charge in [-0.05, 0) is 147 Å². The Morgan fingerprint density at radius 2 is 1.68 bits per heavy atom. The molecule has 1 spiro atoms. The van der Waals surface area contributed by atoms with Gasteiger partial charge >= 0.3 is 0 Å². The van der Waals surface area contributed by atoms with Crippen LogP contribution < -0.4 is 29.1 Å². The molecule has 428 valence electrons. The normalized spacial score (nSPS) is 22.5. The number of methoxy groups -OCH3 is 1. The highest BCUT2D eigenvalue weighted by atomic mass is 32.2. The Hall–Kier alpha value is -6.73. The summed E-state index contributed by atoms with van der Waals surface area (Å²) in [7, 11) is -2.83. The Morgan fingerprint density at radius 1 is 0.914 bits per heavy atom. The van der Waals surface area contributed by atoms with E-state index in [9.17, 15) is 18.3 Å². The molecule has 5 N–H and O–H groups in total. The standard InChI is InChI=1S/C63H76FN9O7S/c1-6-79-61-54(30-49-51(64)33-66-59(49)69-61)80-53-29-43(15-18-47(53)60(74)70-81(76,77)55-31-48(42-13-14-42)56(58-57(55)67-38-68-58)65-32-40-19-22-62(4,75)23-20-40)72-27-24-63(25-28-72)36-73(37-63)52-21-26-71(34-41-11-16-44(78-5)17-12-41)35-50(52)46-10-8-7-9-45(46)39(2)3/h7-12,15-18,29-31,33,38-40,42,50,52,65,75H,6,13-14,19-28,32,34-37H2,1-5H3,(H,66,69)(H,67,68)(H,70,74). The number of sulfonamides is 1. The highest BCUT2D eigenvalue weighted by Crippen LogP contribution is 2.49. The molecule has 0 bridgehead atoms. The molecule has 16 nitrogen and oxygen atoms in total. The van der Waals surface area contributed by atoms with Crippen LogP contribution in [-0.4, -0.2) is 120 Å². The van der Waals surface area contributed by atoms with Crippen molar-refractivity contribution in [3.05, 3.63) is 125 Å². The van der Waals surface area contributed by atoms with E-state index in [0.717, 1.165) is 126 Å². The first kappa shape index (κ1) is 54.8. The fraction of sp³-hybridized carbons (Fsp3) is 0.476. The Bertz CT molecular complexity index is 3540. The topological polar surface area (TPSA) is 190 Å². The number of nitrogens with zero attached hydrogens (tertiary/aromatic N) is 5. The van der Waals surface area contributed by atoms with Gasteiger partial charge in [0.05, 0.1) is 47.8 Å². The van der Waals surface area contributed by atoms with Crippen LogP contribution in [0.4, 0.5) is 15.8 Å². The average molecular weight is 1120 g/mol. The number of aromatic amines is 2. The summed E-state index contributed by atoms with van der Waals surface area (Å²) in [6.07, 6.45) is 10.8. The van der Waals surface area contributed by atoms with Crippen molar-refractivity contribution in [2.45, 2.75) is 126 Å². The summed E-state index contributed by atoms with van der Waals surface area (Å²) in [4.78, 5) is 37.3. The third-order valence-electron chi connectivity index (χ3n) is 18.2. The lowest BCUT2D eigenvalue weighted by Crippen LogP contribution is -2.65. The molecule has 12 rings (SSSR count). The summed E-state index contributed by atoms with van der Waals surface area (Å²) in [6, 6.07) is 26.3. The summed E-state index contributed by atoms with van der Waals surface area (Å²) in [5, 5.41) is 14.4. The summed E-state index contributed by atoms with van der Waals surface area (Å²) in [6.45, 7) is 15.7. The average Bonchev–Trinajstić information content (AvgIpc) is 4.33. The molecule has 5 aliphatic rings. The number of pyridine rings is 1. The van der Waals surface area contributed by atoms with Gasteiger partial charge in [0.1, 0.15) is 33.4 Å². The van der Waals surface area contributed by atoms with Gasteiger partial charge in [0.2, 0.25) is 0 Å². The maximum absolute atomic E-state index is 15.1. The number of rotatable bonds is 18. The number of aromatic nitrogens is 4. The van der Waals surface area contributed by atoms with Crippen LogP contribution in [0.3, 0.4) is 0 Å². The van der Waals surface area contributed by atoms with Crippen LogP contribution in [0, 0.1) is 17.2 Å². The first-order chi connectivity index (χ1) is 39.1. The smallest absolute Gasteiger partial charge is 0.268 e. The molecule has 2 unspecified atom stereocenters. The number of amides is 1. The van der Waals surface area contributed by atoms with Crippen LogP contribution in [-0.2, 0) is 16.6 Å². The van der Waals surface area contributed by atoms with Gasteiger partial charge in [-0.1, -0.05) is 50.2 Å². The lowest BCUT2D eigenvalue weighted by atomic mass is 9.69. The van der Waals surface area contributed by atoms with Gasteiger partial charge in [-0.3, -0.25) is 14.6 Å². The Balaban J connectivity index is 0.785. The summed E-state index contributed by atoms with van der Waals surface area (Å²) in [5.74, 6) is 0.938. The predicted octanol–water partition coefficient (Wildman–Crippen LogP) is 11.2. The minimum Gasteiger partial charge on any atom is -0.497 e. The fourth-order valence-electron chi connectivity index (χ4n) is 13.4. The van der Waals surface area contributed by atoms with Gasteiger partial charge in [-0.15, -0.1) is 0 Å². The molecule has 6 heterocycles. The first-order valence-corrected chi connectivity index (χ1v) is 30.6. The number of hydrogen-bond acceptors (Lipinski definition) is 13. The van der Waals surface area contributed by atoms with Crippen molar-refractivity contribution in [3.63, 3.8) is 0 Å². The van der Waals surface area contributed by atoms with Crippen molar-refractivity contribution in [1.29, 1.82) is 0 Å². The monoisotopic (exact) mass is 1120 g/mol. The molecule has 1 amide bonds. The molecule has 0 radical (unpaired) electrons. The summed E-state index contributed by atoms with van der Waals surface area (Å²) >= 11 is 0. The number of hydrogen-bond donors (Lipinski definition) is 5. The number of likely N-dealkylation sites (tertiary alicyclic amines) is 2. The number of aliphatic hydroxyl groups is 1. The molecule has 18 heteroatoms. The number of halogens is 1. The molecule has 7 aromatic rings. The number of carbonyl (C=O) groups excluding carboxylic acids is 1. The van der Waals surface area contributed by atoms with E-state index in [4.69, 9.17) is 14.2 Å². The maximum Gasteiger partial charge on any atom is 0.268 e.